The maximum atomic E-state index is 13.8. The maximum Gasteiger partial charge on any atom is 0.242 e. The Kier molecular flexibility index (Phi) is 2.60. The average molecular weight is 254 g/mol. The van der Waals surface area contributed by atoms with Gasteiger partial charge in [-0.2, -0.15) is 4.98 Å². The van der Waals surface area contributed by atoms with Crippen LogP contribution >= 0.6 is 0 Å². The quantitative estimate of drug-likeness (QED) is 0.792. The second-order valence-electron chi connectivity index (χ2n) is 4.10. The summed E-state index contributed by atoms with van der Waals surface area (Å²) in [6.07, 6.45) is -0.0359. The number of alkyl halides is 1. The van der Waals surface area contributed by atoms with E-state index in [-0.39, 0.29) is 24.4 Å². The molecule has 0 spiro atoms. The van der Waals surface area contributed by atoms with Gasteiger partial charge in [-0.1, -0.05) is 0 Å². The van der Waals surface area contributed by atoms with Crippen LogP contribution in [0.5, 0.6) is 5.88 Å². The molecule has 18 heavy (non-hydrogen) atoms. The monoisotopic (exact) mass is 254 g/mol. The van der Waals surface area contributed by atoms with Crippen molar-refractivity contribution in [3.63, 3.8) is 0 Å². The molecule has 1 unspecified atom stereocenters. The smallest absolute Gasteiger partial charge is 0.242 e. The number of ether oxygens (including phenoxy) is 1. The van der Waals surface area contributed by atoms with Crippen molar-refractivity contribution in [3.8, 4) is 5.88 Å². The zero-order chi connectivity index (χ0) is 12.7. The van der Waals surface area contributed by atoms with Crippen molar-refractivity contribution in [1.82, 2.24) is 19.5 Å². The molecule has 3 heterocycles. The Morgan fingerprint density at radius 1 is 1.44 bits per heavy atom. The second-order valence-corrected chi connectivity index (χ2v) is 4.10. The molecule has 1 saturated heterocycles. The Morgan fingerprint density at radius 2 is 2.28 bits per heavy atom. The van der Waals surface area contributed by atoms with Gasteiger partial charge in [0, 0.05) is 6.42 Å². The minimum atomic E-state index is -1.25. The van der Waals surface area contributed by atoms with Crippen molar-refractivity contribution in [2.24, 2.45) is 0 Å². The number of aliphatic hydroxyl groups excluding tert-OH is 1. The third-order valence-corrected chi connectivity index (χ3v) is 2.95. The van der Waals surface area contributed by atoms with E-state index in [2.05, 4.69) is 15.0 Å². The van der Waals surface area contributed by atoms with E-state index in [1.807, 2.05) is 0 Å². The number of hydrogen-bond acceptors (Lipinski definition) is 6. The van der Waals surface area contributed by atoms with Crippen LogP contribution in [-0.4, -0.2) is 48.6 Å². The number of nitrogens with zero attached hydrogens (tertiary/aromatic N) is 4. The lowest BCUT2D eigenvalue weighted by Crippen LogP contribution is -2.16. The van der Waals surface area contributed by atoms with Gasteiger partial charge in [0.15, 0.2) is 17.4 Å². The van der Waals surface area contributed by atoms with Crippen LogP contribution in [0.15, 0.2) is 12.7 Å². The first-order valence-corrected chi connectivity index (χ1v) is 5.47. The Hall–Kier alpha value is -1.80. The van der Waals surface area contributed by atoms with Gasteiger partial charge in [-0.25, -0.2) is 14.4 Å². The van der Waals surface area contributed by atoms with Crippen LogP contribution in [0.2, 0.25) is 0 Å². The topological polar surface area (TPSA) is 93.3 Å². The van der Waals surface area contributed by atoms with Gasteiger partial charge >= 0.3 is 0 Å². The van der Waals surface area contributed by atoms with Gasteiger partial charge in [-0.15, -0.1) is 0 Å². The van der Waals surface area contributed by atoms with Crippen molar-refractivity contribution in [2.45, 2.75) is 24.9 Å². The molecule has 0 saturated carbocycles. The third kappa shape index (κ3) is 1.61. The summed E-state index contributed by atoms with van der Waals surface area (Å²) in [5.74, 6) is -0.258. The van der Waals surface area contributed by atoms with Crippen LogP contribution in [-0.2, 0) is 4.74 Å². The number of imidazole rings is 1. The van der Waals surface area contributed by atoms with Crippen molar-refractivity contribution in [2.75, 3.05) is 6.61 Å². The summed E-state index contributed by atoms with van der Waals surface area (Å²) in [4.78, 5) is 11.5. The molecule has 0 bridgehead atoms. The number of aromatic hydroxyl groups is 1. The minimum absolute atomic E-state index is 0.123. The Morgan fingerprint density at radius 3 is 3.00 bits per heavy atom. The van der Waals surface area contributed by atoms with Crippen LogP contribution in [0.3, 0.4) is 0 Å². The van der Waals surface area contributed by atoms with Crippen LogP contribution in [0.4, 0.5) is 4.39 Å². The molecule has 2 aromatic heterocycles. The minimum Gasteiger partial charge on any atom is -0.492 e. The maximum absolute atomic E-state index is 13.8. The standard InChI is InChI=1S/C10H11FN4O3/c11-6-1-5(2-16)18-10(6)15-4-14-7-8(15)12-3-13-9(7)17/h3-6,10,16H,1-2H2,(H,12,13,17)/t5-,6?,10+/m0/s1. The molecule has 0 amide bonds. The van der Waals surface area contributed by atoms with Crippen LogP contribution in [0.25, 0.3) is 11.2 Å². The van der Waals surface area contributed by atoms with Gasteiger partial charge in [-0.05, 0) is 0 Å². The molecule has 0 aromatic carbocycles. The summed E-state index contributed by atoms with van der Waals surface area (Å²) in [5.41, 5.74) is 0.495. The fourth-order valence-electron chi connectivity index (χ4n) is 2.09. The Balaban J connectivity index is 2.02. The van der Waals surface area contributed by atoms with Gasteiger partial charge in [0.2, 0.25) is 5.88 Å². The van der Waals surface area contributed by atoms with Crippen LogP contribution in [0, 0.1) is 0 Å². The highest BCUT2D eigenvalue weighted by Crippen LogP contribution is 2.33. The van der Waals surface area contributed by atoms with E-state index in [4.69, 9.17) is 9.84 Å². The molecule has 0 aliphatic carbocycles. The van der Waals surface area contributed by atoms with Crippen LogP contribution < -0.4 is 0 Å². The van der Waals surface area contributed by atoms with Gasteiger partial charge < -0.3 is 14.9 Å². The predicted molar refractivity (Wildman–Crippen MR) is 57.5 cm³/mol. The molecule has 2 aromatic rings. The fraction of sp³-hybridized carbons (Fsp3) is 0.500. The summed E-state index contributed by atoms with van der Waals surface area (Å²) >= 11 is 0. The SMILES string of the molecule is OC[C@@H]1CC(F)[C@H](n2cnc3c(O)ncnc32)O1. The zero-order valence-corrected chi connectivity index (χ0v) is 9.27. The number of aromatic nitrogens is 4. The summed E-state index contributed by atoms with van der Waals surface area (Å²) in [7, 11) is 0. The lowest BCUT2D eigenvalue weighted by molar-refractivity contribution is -0.0351. The fourth-order valence-corrected chi connectivity index (χ4v) is 2.09. The third-order valence-electron chi connectivity index (χ3n) is 2.95. The van der Waals surface area contributed by atoms with Gasteiger partial charge in [0.1, 0.15) is 12.5 Å². The number of hydrogen-bond donors (Lipinski definition) is 2. The van der Waals surface area contributed by atoms with Crippen molar-refractivity contribution >= 4 is 11.2 Å². The predicted octanol–water partition coefficient (Wildman–Crippen LogP) is 0.150. The Bertz CT molecular complexity index is 575. The highest BCUT2D eigenvalue weighted by molar-refractivity contribution is 5.75. The van der Waals surface area contributed by atoms with Crippen molar-refractivity contribution in [3.05, 3.63) is 12.7 Å². The van der Waals surface area contributed by atoms with Crippen LogP contribution in [0.1, 0.15) is 12.6 Å². The van der Waals surface area contributed by atoms with E-state index in [9.17, 15) is 9.50 Å². The summed E-state index contributed by atoms with van der Waals surface area (Å²) in [6, 6.07) is 0. The average Bonchev–Trinajstić information content (AvgIpc) is 2.93. The van der Waals surface area contributed by atoms with Crippen molar-refractivity contribution < 1.29 is 19.3 Å². The van der Waals surface area contributed by atoms with E-state index in [1.165, 1.54) is 17.2 Å². The van der Waals surface area contributed by atoms with Gasteiger partial charge in [0.05, 0.1) is 19.0 Å². The molecule has 3 atom stereocenters. The molecule has 1 aliphatic rings. The van der Waals surface area contributed by atoms with Crippen molar-refractivity contribution in [1.29, 1.82) is 0 Å². The van der Waals surface area contributed by atoms with Gasteiger partial charge in [-0.3, -0.25) is 4.57 Å². The van der Waals surface area contributed by atoms with E-state index >= 15 is 0 Å². The molecule has 0 radical (unpaired) electrons. The van der Waals surface area contributed by atoms with E-state index in [1.54, 1.807) is 0 Å². The normalized spacial score (nSPS) is 28.0. The largest absolute Gasteiger partial charge is 0.492 e. The molecule has 3 rings (SSSR count). The summed E-state index contributed by atoms with van der Waals surface area (Å²) < 4.78 is 20.6. The van der Waals surface area contributed by atoms with E-state index in [0.717, 1.165) is 0 Å². The molecule has 96 valence electrons. The molecule has 7 nitrogen and oxygen atoms in total. The number of rotatable bonds is 2. The van der Waals surface area contributed by atoms with E-state index in [0.29, 0.717) is 5.65 Å². The molecular weight excluding hydrogens is 243 g/mol. The second kappa shape index (κ2) is 4.14. The number of halogens is 1. The first-order valence-electron chi connectivity index (χ1n) is 5.47. The first kappa shape index (κ1) is 11.3. The lowest BCUT2D eigenvalue weighted by Gasteiger charge is -2.15. The summed E-state index contributed by atoms with van der Waals surface area (Å²) in [6.45, 7) is -0.232. The summed E-state index contributed by atoms with van der Waals surface area (Å²) in [5, 5.41) is 18.5. The number of fused-ring (bicyclic) bond motifs is 1. The molecule has 8 heteroatoms. The lowest BCUT2D eigenvalue weighted by atomic mass is 10.2. The highest BCUT2D eigenvalue weighted by atomic mass is 19.1. The molecule has 2 N–H and O–H groups in total. The Labute approximate surface area is 101 Å². The molecular formula is C10H11FN4O3. The highest BCUT2D eigenvalue weighted by Gasteiger charge is 2.37. The zero-order valence-electron chi connectivity index (χ0n) is 9.27. The molecule has 1 fully saturated rings. The number of aliphatic hydroxyl groups is 1. The van der Waals surface area contributed by atoms with Gasteiger partial charge in [0.25, 0.3) is 0 Å². The molecule has 1 aliphatic heterocycles. The van der Waals surface area contributed by atoms with E-state index < -0.39 is 18.5 Å². The first-order chi connectivity index (χ1) is 8.70.